The van der Waals surface area contributed by atoms with E-state index in [1.807, 2.05) is 13.0 Å². The lowest BCUT2D eigenvalue weighted by molar-refractivity contribution is -0.138. The van der Waals surface area contributed by atoms with Crippen LogP contribution >= 0.6 is 0 Å². The van der Waals surface area contributed by atoms with Crippen molar-refractivity contribution in [3.8, 4) is 5.75 Å². The first-order valence-corrected chi connectivity index (χ1v) is 6.16. The van der Waals surface area contributed by atoms with Gasteiger partial charge in [-0.25, -0.2) is 0 Å². The van der Waals surface area contributed by atoms with Crippen LogP contribution in [0, 0.1) is 6.92 Å². The molecule has 1 aliphatic rings. The minimum absolute atomic E-state index is 0.00833. The Hall–Kier alpha value is -1.55. The zero-order chi connectivity index (χ0) is 13.4. The molecule has 2 atom stereocenters. The van der Waals surface area contributed by atoms with Crippen LogP contribution in [-0.4, -0.2) is 34.7 Å². The van der Waals surface area contributed by atoms with Crippen molar-refractivity contribution >= 4 is 5.97 Å². The number of nitrogens with zero attached hydrogens (tertiary/aromatic N) is 1. The number of hydrogen-bond acceptors (Lipinski definition) is 3. The average Bonchev–Trinajstić information content (AvgIpc) is 2.62. The van der Waals surface area contributed by atoms with Crippen molar-refractivity contribution in [2.45, 2.75) is 32.2 Å². The first-order chi connectivity index (χ1) is 8.41. The normalized spacial score (nSPS) is 22.2. The highest BCUT2D eigenvalue weighted by Gasteiger charge is 2.34. The predicted molar refractivity (Wildman–Crippen MR) is 68.9 cm³/mol. The van der Waals surface area contributed by atoms with Gasteiger partial charge < -0.3 is 10.2 Å². The number of aryl methyl sites for hydroxylation is 1. The van der Waals surface area contributed by atoms with Crippen molar-refractivity contribution in [1.82, 2.24) is 4.90 Å². The van der Waals surface area contributed by atoms with Crippen LogP contribution in [-0.2, 0) is 4.79 Å². The van der Waals surface area contributed by atoms with Gasteiger partial charge in [0, 0.05) is 11.6 Å². The summed E-state index contributed by atoms with van der Waals surface area (Å²) in [7, 11) is 1.79. The molecule has 0 amide bonds. The number of carboxylic acid groups (broad SMARTS) is 1. The summed E-state index contributed by atoms with van der Waals surface area (Å²) in [5.41, 5.74) is 3.25. The Labute approximate surface area is 107 Å². The second-order valence-electron chi connectivity index (χ2n) is 5.19. The molecule has 0 saturated carbocycles. The lowest BCUT2D eigenvalue weighted by Crippen LogP contribution is -2.29. The molecule has 0 spiro atoms. The summed E-state index contributed by atoms with van der Waals surface area (Å²) in [6.07, 6.45) is 0.859. The predicted octanol–water partition coefficient (Wildman–Crippen LogP) is 2.27. The van der Waals surface area contributed by atoms with Gasteiger partial charge in [0.15, 0.2) is 0 Å². The summed E-state index contributed by atoms with van der Waals surface area (Å²) in [4.78, 5) is 12.6. The minimum atomic E-state index is -0.842. The lowest BCUT2D eigenvalue weighted by Gasteiger charge is -2.24. The van der Waals surface area contributed by atoms with Gasteiger partial charge in [-0.1, -0.05) is 13.0 Å². The number of rotatable bonds is 3. The third-order valence-corrected chi connectivity index (χ3v) is 3.80. The van der Waals surface area contributed by atoms with E-state index in [1.54, 1.807) is 18.0 Å². The van der Waals surface area contributed by atoms with Crippen LogP contribution in [0.25, 0.3) is 0 Å². The van der Waals surface area contributed by atoms with Crippen LogP contribution in [0.5, 0.6) is 5.75 Å². The van der Waals surface area contributed by atoms with Crippen molar-refractivity contribution in [1.29, 1.82) is 0 Å². The van der Waals surface area contributed by atoms with Gasteiger partial charge in [0.25, 0.3) is 0 Å². The van der Waals surface area contributed by atoms with E-state index in [0.717, 1.165) is 12.0 Å². The standard InChI is InChI=1S/C14H19NO3/c1-8-4-5-11(16)14-10(6-9(2)13(8)14)15(3)7-12(17)18/h4-5,9-10,16H,6-7H2,1-3H3,(H,17,18). The number of aromatic hydroxyl groups is 1. The van der Waals surface area contributed by atoms with E-state index in [4.69, 9.17) is 5.11 Å². The maximum absolute atomic E-state index is 10.8. The molecule has 1 aliphatic carbocycles. The quantitative estimate of drug-likeness (QED) is 0.862. The Bertz CT molecular complexity index is 484. The molecule has 2 rings (SSSR count). The van der Waals surface area contributed by atoms with E-state index >= 15 is 0 Å². The van der Waals surface area contributed by atoms with Gasteiger partial charge >= 0.3 is 5.97 Å². The fourth-order valence-electron chi connectivity index (χ4n) is 3.03. The number of fused-ring (bicyclic) bond motifs is 1. The second-order valence-corrected chi connectivity index (χ2v) is 5.19. The largest absolute Gasteiger partial charge is 0.508 e. The number of phenolic OH excluding ortho intramolecular Hbond substituents is 1. The van der Waals surface area contributed by atoms with Gasteiger partial charge in [-0.15, -0.1) is 0 Å². The Morgan fingerprint density at radius 3 is 2.72 bits per heavy atom. The SMILES string of the molecule is Cc1ccc(O)c2c1C(C)CC2N(C)CC(=O)O. The molecule has 0 fully saturated rings. The fraction of sp³-hybridized carbons (Fsp3) is 0.500. The molecule has 4 nitrogen and oxygen atoms in total. The van der Waals surface area contributed by atoms with Crippen molar-refractivity contribution in [2.75, 3.05) is 13.6 Å². The highest BCUT2D eigenvalue weighted by molar-refractivity contribution is 5.69. The monoisotopic (exact) mass is 249 g/mol. The molecule has 0 radical (unpaired) electrons. The number of phenols is 1. The molecule has 2 unspecified atom stereocenters. The van der Waals surface area contributed by atoms with Gasteiger partial charge in [0.1, 0.15) is 5.75 Å². The smallest absolute Gasteiger partial charge is 0.317 e. The summed E-state index contributed by atoms with van der Waals surface area (Å²) < 4.78 is 0. The molecule has 0 aromatic heterocycles. The first-order valence-electron chi connectivity index (χ1n) is 6.16. The second kappa shape index (κ2) is 4.61. The molecular weight excluding hydrogens is 230 g/mol. The third kappa shape index (κ3) is 2.08. The van der Waals surface area contributed by atoms with Crippen molar-refractivity contribution in [3.05, 3.63) is 28.8 Å². The number of aliphatic carboxylic acids is 1. The zero-order valence-electron chi connectivity index (χ0n) is 11.0. The molecule has 4 heteroatoms. The van der Waals surface area contributed by atoms with Gasteiger partial charge in [0.2, 0.25) is 0 Å². The van der Waals surface area contributed by atoms with Gasteiger partial charge in [-0.3, -0.25) is 9.69 Å². The van der Waals surface area contributed by atoms with Crippen LogP contribution in [0.3, 0.4) is 0 Å². The Balaban J connectivity index is 2.40. The van der Waals surface area contributed by atoms with Crippen LogP contribution in [0.1, 0.15) is 42.0 Å². The molecule has 0 aliphatic heterocycles. The molecule has 0 heterocycles. The summed E-state index contributed by atoms with van der Waals surface area (Å²) in [6, 6.07) is 3.61. The van der Waals surface area contributed by atoms with E-state index in [2.05, 4.69) is 6.92 Å². The van der Waals surface area contributed by atoms with Crippen LogP contribution in [0.4, 0.5) is 0 Å². The van der Waals surface area contributed by atoms with Crippen molar-refractivity contribution in [2.24, 2.45) is 0 Å². The van der Waals surface area contributed by atoms with Crippen LogP contribution < -0.4 is 0 Å². The number of hydrogen-bond donors (Lipinski definition) is 2. The van der Waals surface area contributed by atoms with E-state index in [1.165, 1.54) is 11.1 Å². The molecule has 0 bridgehead atoms. The first kappa shape index (κ1) is 12.9. The number of carbonyl (C=O) groups is 1. The fourth-order valence-corrected chi connectivity index (χ4v) is 3.03. The van der Waals surface area contributed by atoms with Crippen molar-refractivity contribution in [3.63, 3.8) is 0 Å². The molecule has 98 valence electrons. The molecule has 18 heavy (non-hydrogen) atoms. The van der Waals surface area contributed by atoms with E-state index in [9.17, 15) is 9.90 Å². The summed E-state index contributed by atoms with van der Waals surface area (Å²) in [6.45, 7) is 4.15. The Kier molecular flexibility index (Phi) is 3.30. The number of likely N-dealkylation sites (N-methyl/N-ethyl adjacent to an activating group) is 1. The lowest BCUT2D eigenvalue weighted by atomic mass is 9.97. The molecular formula is C14H19NO3. The van der Waals surface area contributed by atoms with Crippen LogP contribution in [0.2, 0.25) is 0 Å². The van der Waals surface area contributed by atoms with E-state index in [0.29, 0.717) is 5.92 Å². The van der Waals surface area contributed by atoms with Gasteiger partial charge in [-0.05, 0) is 43.5 Å². The minimum Gasteiger partial charge on any atom is -0.508 e. The van der Waals surface area contributed by atoms with E-state index in [-0.39, 0.29) is 18.3 Å². The van der Waals surface area contributed by atoms with E-state index < -0.39 is 5.97 Å². The third-order valence-electron chi connectivity index (χ3n) is 3.80. The Morgan fingerprint density at radius 2 is 2.11 bits per heavy atom. The topological polar surface area (TPSA) is 60.8 Å². The Morgan fingerprint density at radius 1 is 1.44 bits per heavy atom. The summed E-state index contributed by atoms with van der Waals surface area (Å²) in [5.74, 6) is -0.207. The molecule has 0 saturated heterocycles. The average molecular weight is 249 g/mol. The number of benzene rings is 1. The van der Waals surface area contributed by atoms with Crippen molar-refractivity contribution < 1.29 is 15.0 Å². The maximum atomic E-state index is 10.8. The molecule has 1 aromatic rings. The molecule has 1 aromatic carbocycles. The highest BCUT2D eigenvalue weighted by Crippen LogP contribution is 2.48. The molecule has 2 N–H and O–H groups in total. The zero-order valence-corrected chi connectivity index (χ0v) is 11.0. The van der Waals surface area contributed by atoms with Gasteiger partial charge in [-0.2, -0.15) is 0 Å². The summed E-state index contributed by atoms with van der Waals surface area (Å²) in [5, 5.41) is 18.9. The maximum Gasteiger partial charge on any atom is 0.317 e. The highest BCUT2D eigenvalue weighted by atomic mass is 16.4. The van der Waals surface area contributed by atoms with Crippen LogP contribution in [0.15, 0.2) is 12.1 Å². The van der Waals surface area contributed by atoms with Gasteiger partial charge in [0.05, 0.1) is 6.54 Å². The number of carboxylic acids is 1. The summed E-state index contributed by atoms with van der Waals surface area (Å²) >= 11 is 0.